The van der Waals surface area contributed by atoms with Crippen molar-refractivity contribution < 1.29 is 0 Å². The number of hydrogen-bond acceptors (Lipinski definition) is 5. The van der Waals surface area contributed by atoms with Crippen LogP contribution in [0.5, 0.6) is 0 Å². The molecule has 1 N–H and O–H groups in total. The average molecular weight is 275 g/mol. The van der Waals surface area contributed by atoms with Gasteiger partial charge in [-0.2, -0.15) is 9.64 Å². The first-order valence-corrected chi connectivity index (χ1v) is 7.64. The Hall–Kier alpha value is -1.38. The van der Waals surface area contributed by atoms with Crippen molar-refractivity contribution in [2.24, 2.45) is 0 Å². The van der Waals surface area contributed by atoms with Gasteiger partial charge in [-0.1, -0.05) is 0 Å². The molecule has 0 amide bonds. The van der Waals surface area contributed by atoms with Crippen LogP contribution >= 0.6 is 22.9 Å². The van der Waals surface area contributed by atoms with Crippen LogP contribution in [-0.4, -0.2) is 4.37 Å². The molecule has 2 heterocycles. The lowest BCUT2D eigenvalue weighted by Crippen LogP contribution is -2.15. The van der Waals surface area contributed by atoms with Gasteiger partial charge in [0.15, 0.2) is 0 Å². The molecule has 2 aromatic heterocycles. The van der Waals surface area contributed by atoms with Crippen LogP contribution in [0, 0.1) is 18.3 Å². The number of thiophene rings is 1. The van der Waals surface area contributed by atoms with E-state index in [1.54, 1.807) is 0 Å². The molecule has 5 heteroatoms. The predicted octanol–water partition coefficient (Wildman–Crippen LogP) is 3.87. The van der Waals surface area contributed by atoms with Crippen LogP contribution in [0.25, 0.3) is 0 Å². The van der Waals surface area contributed by atoms with Crippen molar-refractivity contribution in [1.82, 2.24) is 4.37 Å². The maximum Gasteiger partial charge on any atom is 0.128 e. The fourth-order valence-corrected chi connectivity index (χ4v) is 4.18. The van der Waals surface area contributed by atoms with E-state index in [-0.39, 0.29) is 0 Å². The van der Waals surface area contributed by atoms with Crippen LogP contribution in [0.4, 0.5) is 5.00 Å². The summed E-state index contributed by atoms with van der Waals surface area (Å²) in [5, 5.41) is 15.7. The summed E-state index contributed by atoms with van der Waals surface area (Å²) in [4.78, 5) is 1.48. The first kappa shape index (κ1) is 11.7. The standard InChI is InChI=1S/C13H13N3S2/c1-8-10(7-14)13(18-16-8)15-11-3-2-4-12-9(11)5-6-17-12/h5-6,11,15H,2-4H2,1H3. The molecule has 1 atom stereocenters. The molecular weight excluding hydrogens is 262 g/mol. The molecular formula is C13H13N3S2. The van der Waals surface area contributed by atoms with Gasteiger partial charge in [0.05, 0.1) is 11.7 Å². The average Bonchev–Trinajstić information content (AvgIpc) is 2.97. The van der Waals surface area contributed by atoms with Gasteiger partial charge in [-0.15, -0.1) is 11.3 Å². The zero-order valence-corrected chi connectivity index (χ0v) is 11.7. The second kappa shape index (κ2) is 4.71. The molecule has 18 heavy (non-hydrogen) atoms. The van der Waals surface area contributed by atoms with Gasteiger partial charge >= 0.3 is 0 Å². The Morgan fingerprint density at radius 1 is 1.56 bits per heavy atom. The van der Waals surface area contributed by atoms with Gasteiger partial charge < -0.3 is 5.32 Å². The summed E-state index contributed by atoms with van der Waals surface area (Å²) < 4.78 is 4.26. The van der Waals surface area contributed by atoms with Gasteiger partial charge in [-0.3, -0.25) is 0 Å². The van der Waals surface area contributed by atoms with Crippen LogP contribution in [-0.2, 0) is 6.42 Å². The quantitative estimate of drug-likeness (QED) is 0.905. The van der Waals surface area contributed by atoms with Gasteiger partial charge in [0.1, 0.15) is 16.6 Å². The van der Waals surface area contributed by atoms with Crippen LogP contribution in [0.3, 0.4) is 0 Å². The van der Waals surface area contributed by atoms with Crippen molar-refractivity contribution in [3.05, 3.63) is 33.1 Å². The summed E-state index contributed by atoms with van der Waals surface area (Å²) in [6.07, 6.45) is 3.54. The largest absolute Gasteiger partial charge is 0.368 e. The Morgan fingerprint density at radius 3 is 3.28 bits per heavy atom. The lowest BCUT2D eigenvalue weighted by atomic mass is 9.94. The Bertz CT molecular complexity index is 606. The molecule has 1 aliphatic carbocycles. The van der Waals surface area contributed by atoms with E-state index in [1.807, 2.05) is 18.3 Å². The summed E-state index contributed by atoms with van der Waals surface area (Å²) in [5.41, 5.74) is 2.93. The van der Waals surface area contributed by atoms with E-state index in [1.165, 1.54) is 34.8 Å². The third kappa shape index (κ3) is 1.92. The summed E-state index contributed by atoms with van der Waals surface area (Å²) in [5.74, 6) is 0. The number of hydrogen-bond donors (Lipinski definition) is 1. The number of nitrogens with zero attached hydrogens (tertiary/aromatic N) is 2. The van der Waals surface area contributed by atoms with Crippen LogP contribution in [0.1, 0.15) is 40.6 Å². The van der Waals surface area contributed by atoms with Gasteiger partial charge in [-0.05, 0) is 54.7 Å². The first-order chi connectivity index (χ1) is 8.79. The number of nitrogens with one attached hydrogen (secondary N) is 1. The minimum absolute atomic E-state index is 0.340. The number of anilines is 1. The van der Waals surface area contributed by atoms with Crippen molar-refractivity contribution in [2.45, 2.75) is 32.2 Å². The van der Waals surface area contributed by atoms with Crippen molar-refractivity contribution >= 4 is 27.9 Å². The van der Waals surface area contributed by atoms with Gasteiger partial charge in [0.25, 0.3) is 0 Å². The van der Waals surface area contributed by atoms with Crippen molar-refractivity contribution in [3.63, 3.8) is 0 Å². The normalized spacial score (nSPS) is 18.1. The van der Waals surface area contributed by atoms with Crippen LogP contribution < -0.4 is 5.32 Å². The van der Waals surface area contributed by atoms with Gasteiger partial charge in [0, 0.05) is 4.88 Å². The van der Waals surface area contributed by atoms with E-state index in [0.29, 0.717) is 11.6 Å². The molecule has 0 fully saturated rings. The van der Waals surface area contributed by atoms with Crippen molar-refractivity contribution in [2.75, 3.05) is 5.32 Å². The molecule has 0 aliphatic heterocycles. The van der Waals surface area contributed by atoms with E-state index in [4.69, 9.17) is 5.26 Å². The summed E-state index contributed by atoms with van der Waals surface area (Å²) in [7, 11) is 0. The van der Waals surface area contributed by atoms with E-state index in [0.717, 1.165) is 17.1 Å². The number of nitriles is 1. The molecule has 1 unspecified atom stereocenters. The fraction of sp³-hybridized carbons (Fsp3) is 0.385. The zero-order valence-electron chi connectivity index (χ0n) is 10.1. The van der Waals surface area contributed by atoms with Gasteiger partial charge in [0.2, 0.25) is 0 Å². The number of rotatable bonds is 2. The lowest BCUT2D eigenvalue weighted by molar-refractivity contribution is 0.610. The Kier molecular flexibility index (Phi) is 3.06. The summed E-state index contributed by atoms with van der Waals surface area (Å²) in [6.45, 7) is 1.89. The third-order valence-corrected chi connectivity index (χ3v) is 5.20. The molecule has 1 aliphatic rings. The SMILES string of the molecule is Cc1nsc(NC2CCCc3sccc32)c1C#N. The molecule has 0 saturated heterocycles. The summed E-state index contributed by atoms with van der Waals surface area (Å²) >= 11 is 3.23. The minimum Gasteiger partial charge on any atom is -0.368 e. The number of fused-ring (bicyclic) bond motifs is 1. The molecule has 3 rings (SSSR count). The maximum absolute atomic E-state index is 9.15. The Balaban J connectivity index is 1.89. The molecule has 0 bridgehead atoms. The monoisotopic (exact) mass is 275 g/mol. The number of aryl methyl sites for hydroxylation is 2. The van der Waals surface area contributed by atoms with E-state index in [2.05, 4.69) is 27.2 Å². The lowest BCUT2D eigenvalue weighted by Gasteiger charge is -2.23. The van der Waals surface area contributed by atoms with Crippen LogP contribution in [0.2, 0.25) is 0 Å². The first-order valence-electron chi connectivity index (χ1n) is 5.98. The van der Waals surface area contributed by atoms with Crippen molar-refractivity contribution in [1.29, 1.82) is 5.26 Å². The minimum atomic E-state index is 0.340. The van der Waals surface area contributed by atoms with Gasteiger partial charge in [-0.25, -0.2) is 0 Å². The molecule has 0 radical (unpaired) electrons. The second-order valence-corrected chi connectivity index (χ2v) is 6.25. The highest BCUT2D eigenvalue weighted by Crippen LogP contribution is 2.37. The highest BCUT2D eigenvalue weighted by molar-refractivity contribution is 7.10. The molecule has 3 nitrogen and oxygen atoms in total. The van der Waals surface area contributed by atoms with E-state index < -0.39 is 0 Å². The third-order valence-electron chi connectivity index (χ3n) is 3.33. The Morgan fingerprint density at radius 2 is 2.44 bits per heavy atom. The van der Waals surface area contributed by atoms with Crippen molar-refractivity contribution in [3.8, 4) is 6.07 Å². The second-order valence-electron chi connectivity index (χ2n) is 4.47. The molecule has 0 spiro atoms. The maximum atomic E-state index is 9.15. The zero-order chi connectivity index (χ0) is 12.5. The fourth-order valence-electron chi connectivity index (χ4n) is 2.39. The molecule has 0 aromatic carbocycles. The molecule has 2 aromatic rings. The molecule has 0 saturated carbocycles. The predicted molar refractivity (Wildman–Crippen MR) is 75.2 cm³/mol. The topological polar surface area (TPSA) is 48.7 Å². The summed E-state index contributed by atoms with van der Waals surface area (Å²) in [6, 6.07) is 4.78. The van der Waals surface area contributed by atoms with E-state index >= 15 is 0 Å². The highest BCUT2D eigenvalue weighted by atomic mass is 32.1. The highest BCUT2D eigenvalue weighted by Gasteiger charge is 2.23. The smallest absolute Gasteiger partial charge is 0.128 e. The number of aromatic nitrogens is 1. The molecule has 92 valence electrons. The van der Waals surface area contributed by atoms with Crippen LogP contribution in [0.15, 0.2) is 11.4 Å². The Labute approximate surface area is 114 Å². The van der Waals surface area contributed by atoms with E-state index in [9.17, 15) is 0 Å².